The molecule has 2 N–H and O–H groups in total. The Labute approximate surface area is 192 Å². The Kier molecular flexibility index (Phi) is 7.99. The molecular weight excluding hydrogens is 457 g/mol. The molecule has 1 amide bonds. The zero-order valence-corrected chi connectivity index (χ0v) is 18.2. The van der Waals surface area contributed by atoms with E-state index in [0.717, 1.165) is 17.9 Å². The lowest BCUT2D eigenvalue weighted by atomic mass is 10.0. The number of alkyl halides is 3. The molecule has 0 radical (unpaired) electrons. The summed E-state index contributed by atoms with van der Waals surface area (Å²) < 4.78 is 38.6. The van der Waals surface area contributed by atoms with Crippen LogP contribution >= 0.6 is 0 Å². The third-order valence-electron chi connectivity index (χ3n) is 5.01. The highest BCUT2D eigenvalue weighted by atomic mass is 19.4. The normalized spacial score (nSPS) is 16.0. The topological polar surface area (TPSA) is 122 Å². The number of rotatable bonds is 5. The van der Waals surface area contributed by atoms with E-state index in [0.29, 0.717) is 37.5 Å². The zero-order chi connectivity index (χ0) is 24.7. The Morgan fingerprint density at radius 2 is 1.97 bits per heavy atom. The maximum absolute atomic E-state index is 12.7. The van der Waals surface area contributed by atoms with Crippen LogP contribution < -0.4 is 10.1 Å². The molecule has 1 atom stereocenters. The van der Waals surface area contributed by atoms with Crippen molar-refractivity contribution in [2.24, 2.45) is 0 Å². The summed E-state index contributed by atoms with van der Waals surface area (Å²) >= 11 is 0. The highest BCUT2D eigenvalue weighted by Gasteiger charge is 2.38. The van der Waals surface area contributed by atoms with E-state index in [4.69, 9.17) is 14.6 Å². The fourth-order valence-corrected chi connectivity index (χ4v) is 3.29. The fraction of sp³-hybridized carbons (Fsp3) is 0.381. The number of ether oxygens (including phenoxy) is 1. The molecule has 1 unspecified atom stereocenters. The van der Waals surface area contributed by atoms with Crippen molar-refractivity contribution in [3.8, 4) is 5.75 Å². The van der Waals surface area contributed by atoms with E-state index in [1.807, 2.05) is 29.2 Å². The highest BCUT2D eigenvalue weighted by molar-refractivity contribution is 5.76. The molecule has 34 heavy (non-hydrogen) atoms. The van der Waals surface area contributed by atoms with E-state index in [1.54, 1.807) is 30.1 Å². The molecule has 1 aliphatic rings. The molecule has 1 fully saturated rings. The molecule has 1 saturated heterocycles. The average Bonchev–Trinajstić information content (AvgIpc) is 3.25. The minimum Gasteiger partial charge on any atom is -0.497 e. The Morgan fingerprint density at radius 1 is 1.26 bits per heavy atom. The number of methoxy groups -OCH3 is 1. The van der Waals surface area contributed by atoms with Crippen molar-refractivity contribution in [3.63, 3.8) is 0 Å². The van der Waals surface area contributed by atoms with Crippen molar-refractivity contribution >= 4 is 17.7 Å². The van der Waals surface area contributed by atoms with Gasteiger partial charge in [0.15, 0.2) is 5.82 Å². The number of aryl methyl sites for hydroxylation is 1. The van der Waals surface area contributed by atoms with Gasteiger partial charge in [-0.15, -0.1) is 5.10 Å². The number of piperazine rings is 1. The number of carboxylic acids is 1. The van der Waals surface area contributed by atoms with Gasteiger partial charge in [0.2, 0.25) is 5.91 Å². The summed E-state index contributed by atoms with van der Waals surface area (Å²) in [7, 11) is 1.66. The van der Waals surface area contributed by atoms with Crippen LogP contribution in [0.25, 0.3) is 5.78 Å². The predicted octanol–water partition coefficient (Wildman–Crippen LogP) is 1.87. The van der Waals surface area contributed by atoms with Crippen LogP contribution in [0.1, 0.15) is 23.9 Å². The van der Waals surface area contributed by atoms with E-state index >= 15 is 0 Å². The van der Waals surface area contributed by atoms with Gasteiger partial charge in [0.05, 0.1) is 7.11 Å². The van der Waals surface area contributed by atoms with Gasteiger partial charge in [-0.1, -0.05) is 12.1 Å². The largest absolute Gasteiger partial charge is 0.497 e. The first kappa shape index (κ1) is 24.9. The quantitative estimate of drug-likeness (QED) is 0.568. The molecule has 10 nitrogen and oxygen atoms in total. The molecule has 2 aromatic heterocycles. The molecule has 0 spiro atoms. The van der Waals surface area contributed by atoms with Crippen molar-refractivity contribution in [3.05, 3.63) is 54.1 Å². The van der Waals surface area contributed by atoms with Crippen LogP contribution in [0.5, 0.6) is 5.75 Å². The van der Waals surface area contributed by atoms with Gasteiger partial charge < -0.3 is 20.1 Å². The smallest absolute Gasteiger partial charge is 0.490 e. The maximum atomic E-state index is 12.7. The molecular formula is C21H23F3N6O4. The highest BCUT2D eigenvalue weighted by Crippen LogP contribution is 2.21. The molecule has 182 valence electrons. The van der Waals surface area contributed by atoms with Crippen LogP contribution in [0.2, 0.25) is 0 Å². The molecule has 0 bridgehead atoms. The average molecular weight is 480 g/mol. The first-order valence-corrected chi connectivity index (χ1v) is 10.3. The number of hydrogen-bond donors (Lipinski definition) is 2. The maximum Gasteiger partial charge on any atom is 0.490 e. The molecule has 0 aliphatic carbocycles. The van der Waals surface area contributed by atoms with E-state index < -0.39 is 12.1 Å². The van der Waals surface area contributed by atoms with Crippen LogP contribution in [-0.4, -0.2) is 74.4 Å². The fourth-order valence-electron chi connectivity index (χ4n) is 3.29. The summed E-state index contributed by atoms with van der Waals surface area (Å²) in [6.07, 6.45) is -0.694. The van der Waals surface area contributed by atoms with Crippen molar-refractivity contribution in [2.45, 2.75) is 25.1 Å². The van der Waals surface area contributed by atoms with Crippen LogP contribution in [0.4, 0.5) is 13.2 Å². The van der Waals surface area contributed by atoms with Gasteiger partial charge in [0.1, 0.15) is 5.75 Å². The summed E-state index contributed by atoms with van der Waals surface area (Å²) in [6, 6.07) is 9.90. The van der Waals surface area contributed by atoms with Crippen molar-refractivity contribution < 1.29 is 32.6 Å². The summed E-state index contributed by atoms with van der Waals surface area (Å²) in [6.45, 7) is 2.15. The summed E-state index contributed by atoms with van der Waals surface area (Å²) in [5.41, 5.74) is 1.15. The third-order valence-corrected chi connectivity index (χ3v) is 5.01. The lowest BCUT2D eigenvalue weighted by Gasteiger charge is -2.34. The first-order valence-electron chi connectivity index (χ1n) is 10.3. The molecule has 0 saturated carbocycles. The Bertz CT molecular complexity index is 1090. The Morgan fingerprint density at radius 3 is 2.59 bits per heavy atom. The number of carboxylic acid groups (broad SMARTS) is 1. The number of carbonyl (C=O) groups excluding carboxylic acids is 1. The van der Waals surface area contributed by atoms with Gasteiger partial charge in [-0.05, 0) is 23.8 Å². The Hall–Kier alpha value is -3.74. The predicted molar refractivity (Wildman–Crippen MR) is 113 cm³/mol. The van der Waals surface area contributed by atoms with Crippen LogP contribution in [0.15, 0.2) is 42.7 Å². The van der Waals surface area contributed by atoms with Crippen LogP contribution in [0.3, 0.4) is 0 Å². The monoisotopic (exact) mass is 480 g/mol. The number of nitrogens with one attached hydrogen (secondary N) is 1. The molecule has 1 aromatic carbocycles. The number of aromatic nitrogens is 4. The van der Waals surface area contributed by atoms with E-state index in [-0.39, 0.29) is 11.9 Å². The molecule has 3 aromatic rings. The van der Waals surface area contributed by atoms with Crippen molar-refractivity contribution in [1.82, 2.24) is 29.8 Å². The van der Waals surface area contributed by atoms with E-state index in [9.17, 15) is 18.0 Å². The SMILES string of the molecule is COc1ccc(C2CN(C(=O)CCc3nc4ncccn4n3)CCN2)cc1.O=C(O)C(F)(F)F. The first-order chi connectivity index (χ1) is 16.2. The molecule has 1 aliphatic heterocycles. The number of amides is 1. The van der Waals surface area contributed by atoms with E-state index in [1.165, 1.54) is 0 Å². The molecule has 13 heteroatoms. The number of nitrogens with zero attached hydrogens (tertiary/aromatic N) is 5. The lowest BCUT2D eigenvalue weighted by molar-refractivity contribution is -0.192. The second kappa shape index (κ2) is 10.9. The summed E-state index contributed by atoms with van der Waals surface area (Å²) in [5, 5.41) is 15.0. The number of hydrogen-bond acceptors (Lipinski definition) is 7. The minimum atomic E-state index is -5.08. The van der Waals surface area contributed by atoms with Gasteiger partial charge in [-0.3, -0.25) is 4.79 Å². The number of halogens is 3. The van der Waals surface area contributed by atoms with Crippen molar-refractivity contribution in [2.75, 3.05) is 26.7 Å². The van der Waals surface area contributed by atoms with Gasteiger partial charge >= 0.3 is 12.1 Å². The number of aliphatic carboxylic acids is 1. The third kappa shape index (κ3) is 6.63. The molecule has 3 heterocycles. The second-order valence-electron chi connectivity index (χ2n) is 7.31. The van der Waals surface area contributed by atoms with Gasteiger partial charge in [0, 0.05) is 50.9 Å². The summed E-state index contributed by atoms with van der Waals surface area (Å²) in [4.78, 5) is 32.0. The van der Waals surface area contributed by atoms with Crippen LogP contribution in [0, 0.1) is 0 Å². The number of carbonyl (C=O) groups is 2. The molecule has 4 rings (SSSR count). The lowest BCUT2D eigenvalue weighted by Crippen LogP contribution is -2.48. The zero-order valence-electron chi connectivity index (χ0n) is 18.2. The van der Waals surface area contributed by atoms with Gasteiger partial charge in [-0.25, -0.2) is 14.3 Å². The number of benzene rings is 1. The minimum absolute atomic E-state index is 0.127. The Balaban J connectivity index is 0.000000406. The van der Waals surface area contributed by atoms with E-state index in [2.05, 4.69) is 20.4 Å². The summed E-state index contributed by atoms with van der Waals surface area (Å²) in [5.74, 6) is -0.600. The number of fused-ring (bicyclic) bond motifs is 1. The standard InChI is InChI=1S/C19H22N6O2.C2HF3O2/c1-27-15-5-3-14(4-6-15)16-13-24(12-10-20-16)18(26)8-7-17-22-19-21-9-2-11-25(19)23-17;3-2(4,5)1(6)7/h2-6,9,11,16,20H,7-8,10,12-13H2,1H3;(H,6,7). The van der Waals surface area contributed by atoms with Gasteiger partial charge in [0.25, 0.3) is 5.78 Å². The van der Waals surface area contributed by atoms with Crippen LogP contribution in [-0.2, 0) is 16.0 Å². The van der Waals surface area contributed by atoms with Gasteiger partial charge in [-0.2, -0.15) is 18.2 Å². The second-order valence-corrected chi connectivity index (χ2v) is 7.31. The van der Waals surface area contributed by atoms with Crippen molar-refractivity contribution in [1.29, 1.82) is 0 Å².